The van der Waals surface area contributed by atoms with Crippen LogP contribution >= 0.6 is 12.2 Å². The number of benzene rings is 1. The van der Waals surface area contributed by atoms with E-state index in [1.54, 1.807) is 25.6 Å². The summed E-state index contributed by atoms with van der Waals surface area (Å²) in [7, 11) is 1.57. The van der Waals surface area contributed by atoms with Crippen LogP contribution in [0, 0.1) is 0 Å². The Balaban J connectivity index is 1.49. The molecule has 1 saturated heterocycles. The molecule has 0 aliphatic carbocycles. The molecule has 2 atom stereocenters. The molecule has 1 fully saturated rings. The number of amides is 1. The van der Waals surface area contributed by atoms with Crippen LogP contribution in [0.4, 0.5) is 5.69 Å². The molecule has 0 unspecified atom stereocenters. The van der Waals surface area contributed by atoms with Crippen LogP contribution in [-0.4, -0.2) is 34.6 Å². The fourth-order valence-corrected chi connectivity index (χ4v) is 3.93. The number of aromatic nitrogens is 1. The maximum absolute atomic E-state index is 12.6. The number of hydrogen-bond donors (Lipinski definition) is 2. The maximum atomic E-state index is 12.6. The van der Waals surface area contributed by atoms with Gasteiger partial charge in [0.25, 0.3) is 0 Å². The van der Waals surface area contributed by atoms with E-state index in [9.17, 15) is 4.79 Å². The Kier molecular flexibility index (Phi) is 5.94. The van der Waals surface area contributed by atoms with E-state index in [1.165, 1.54) is 0 Å². The molecule has 7 nitrogen and oxygen atoms in total. The molecule has 8 heteroatoms. The molecule has 0 bridgehead atoms. The molecule has 2 N–H and O–H groups in total. The van der Waals surface area contributed by atoms with Gasteiger partial charge in [-0.3, -0.25) is 9.78 Å². The minimum absolute atomic E-state index is 0.123. The monoisotopic (exact) mass is 422 g/mol. The Hall–Kier alpha value is -3.39. The standard InChI is InChI=1S/C22H22N4O3S/c1-28-17-9-3-2-7-15(17)24-19(27)11-13-26-21(18-10-6-14-29-18)20(25-22(26)30)16-8-4-5-12-23-16/h2-10,12,14,20-21H,11,13H2,1H3,(H,24,27)(H,25,30)/t20-,21+/m0/s1. The number of rotatable bonds is 7. The topological polar surface area (TPSA) is 79.6 Å². The van der Waals surface area contributed by atoms with Gasteiger partial charge in [-0.2, -0.15) is 0 Å². The average Bonchev–Trinajstić information content (AvgIpc) is 3.41. The highest BCUT2D eigenvalue weighted by Crippen LogP contribution is 2.38. The predicted octanol–water partition coefficient (Wildman–Crippen LogP) is 3.68. The van der Waals surface area contributed by atoms with E-state index in [1.807, 2.05) is 53.4 Å². The summed E-state index contributed by atoms with van der Waals surface area (Å²) in [5.74, 6) is 1.26. The molecule has 1 amide bonds. The number of nitrogens with zero attached hydrogens (tertiary/aromatic N) is 2. The Morgan fingerprint density at radius 3 is 2.80 bits per heavy atom. The summed E-state index contributed by atoms with van der Waals surface area (Å²) < 4.78 is 11.0. The number of furan rings is 1. The number of ether oxygens (including phenoxy) is 1. The molecule has 3 heterocycles. The lowest BCUT2D eigenvalue weighted by atomic mass is 10.0. The lowest BCUT2D eigenvalue weighted by Gasteiger charge is -2.25. The lowest BCUT2D eigenvalue weighted by molar-refractivity contribution is -0.116. The SMILES string of the molecule is COc1ccccc1NC(=O)CCN1C(=S)N[C@@H](c2ccccn2)[C@H]1c1ccco1. The average molecular weight is 423 g/mol. The number of methoxy groups -OCH3 is 1. The number of para-hydroxylation sites is 2. The third-order valence-corrected chi connectivity index (χ3v) is 5.35. The molecule has 0 radical (unpaired) electrons. The van der Waals surface area contributed by atoms with Crippen molar-refractivity contribution in [3.63, 3.8) is 0 Å². The molecule has 1 aromatic carbocycles. The van der Waals surface area contributed by atoms with Gasteiger partial charge in [-0.15, -0.1) is 0 Å². The van der Waals surface area contributed by atoms with Crippen molar-refractivity contribution in [2.75, 3.05) is 19.0 Å². The maximum Gasteiger partial charge on any atom is 0.226 e. The third kappa shape index (κ3) is 4.13. The van der Waals surface area contributed by atoms with E-state index < -0.39 is 0 Å². The third-order valence-electron chi connectivity index (χ3n) is 4.99. The minimum atomic E-state index is -0.193. The van der Waals surface area contributed by atoms with Gasteiger partial charge in [-0.1, -0.05) is 18.2 Å². The van der Waals surface area contributed by atoms with Gasteiger partial charge in [0.2, 0.25) is 5.91 Å². The first-order chi connectivity index (χ1) is 14.7. The molecule has 1 aliphatic heterocycles. The lowest BCUT2D eigenvalue weighted by Crippen LogP contribution is -2.32. The van der Waals surface area contributed by atoms with Crippen molar-refractivity contribution >= 4 is 28.9 Å². The largest absolute Gasteiger partial charge is 0.495 e. The van der Waals surface area contributed by atoms with Crippen LogP contribution in [0.1, 0.15) is 30.0 Å². The summed E-state index contributed by atoms with van der Waals surface area (Å²) in [6.07, 6.45) is 3.65. The van der Waals surface area contributed by atoms with E-state index in [4.69, 9.17) is 21.4 Å². The fraction of sp³-hybridized carbons (Fsp3) is 0.227. The minimum Gasteiger partial charge on any atom is -0.495 e. The summed E-state index contributed by atoms with van der Waals surface area (Å²) in [5, 5.41) is 6.80. The molecule has 0 saturated carbocycles. The van der Waals surface area contributed by atoms with Gasteiger partial charge in [-0.05, 0) is 48.6 Å². The molecule has 2 aromatic heterocycles. The van der Waals surface area contributed by atoms with Gasteiger partial charge in [0.1, 0.15) is 17.6 Å². The molecule has 1 aliphatic rings. The van der Waals surface area contributed by atoms with Crippen molar-refractivity contribution in [3.8, 4) is 5.75 Å². The molecule has 3 aromatic rings. The first-order valence-electron chi connectivity index (χ1n) is 9.61. The van der Waals surface area contributed by atoms with Gasteiger partial charge >= 0.3 is 0 Å². The van der Waals surface area contributed by atoms with Crippen molar-refractivity contribution in [1.29, 1.82) is 0 Å². The summed E-state index contributed by atoms with van der Waals surface area (Å²) in [6, 6.07) is 16.5. The summed E-state index contributed by atoms with van der Waals surface area (Å²) in [4.78, 5) is 19.1. The second-order valence-electron chi connectivity index (χ2n) is 6.83. The molecular weight excluding hydrogens is 400 g/mol. The normalized spacial score (nSPS) is 18.2. The molecular formula is C22H22N4O3S. The highest BCUT2D eigenvalue weighted by Gasteiger charge is 2.41. The van der Waals surface area contributed by atoms with Crippen molar-refractivity contribution in [3.05, 3.63) is 78.5 Å². The van der Waals surface area contributed by atoms with E-state index in [2.05, 4.69) is 15.6 Å². The van der Waals surface area contributed by atoms with Crippen LogP contribution in [0.25, 0.3) is 0 Å². The summed E-state index contributed by atoms with van der Waals surface area (Å²) in [6.45, 7) is 0.432. The van der Waals surface area contributed by atoms with Crippen LogP contribution in [0.5, 0.6) is 5.75 Å². The van der Waals surface area contributed by atoms with E-state index >= 15 is 0 Å². The van der Waals surface area contributed by atoms with Crippen molar-refractivity contribution in [2.24, 2.45) is 0 Å². The van der Waals surface area contributed by atoms with Crippen molar-refractivity contribution in [2.45, 2.75) is 18.5 Å². The van der Waals surface area contributed by atoms with E-state index in [0.717, 1.165) is 11.5 Å². The Bertz CT molecular complexity index is 1010. The zero-order valence-corrected chi connectivity index (χ0v) is 17.3. The van der Waals surface area contributed by atoms with Crippen molar-refractivity contribution < 1.29 is 13.9 Å². The van der Waals surface area contributed by atoms with E-state index in [-0.39, 0.29) is 24.4 Å². The molecule has 4 rings (SSSR count). The van der Waals surface area contributed by atoms with Gasteiger partial charge < -0.3 is 24.7 Å². The zero-order valence-electron chi connectivity index (χ0n) is 16.4. The van der Waals surface area contributed by atoms with Crippen molar-refractivity contribution in [1.82, 2.24) is 15.2 Å². The van der Waals surface area contributed by atoms with Gasteiger partial charge in [-0.25, -0.2) is 0 Å². The first-order valence-corrected chi connectivity index (χ1v) is 10.0. The van der Waals surface area contributed by atoms with Gasteiger partial charge in [0.05, 0.1) is 30.8 Å². The summed E-state index contributed by atoms with van der Waals surface area (Å²) >= 11 is 5.58. The van der Waals surface area contributed by atoms with E-state index in [0.29, 0.717) is 23.1 Å². The van der Waals surface area contributed by atoms with Crippen LogP contribution in [-0.2, 0) is 4.79 Å². The number of nitrogens with one attached hydrogen (secondary N) is 2. The van der Waals surface area contributed by atoms with Crippen LogP contribution in [0.2, 0.25) is 0 Å². The number of carbonyl (C=O) groups excluding carboxylic acids is 1. The van der Waals surface area contributed by atoms with Gasteiger partial charge in [0.15, 0.2) is 5.11 Å². The Morgan fingerprint density at radius 2 is 2.07 bits per heavy atom. The Morgan fingerprint density at radius 1 is 1.23 bits per heavy atom. The second kappa shape index (κ2) is 8.96. The number of anilines is 1. The van der Waals surface area contributed by atoms with Gasteiger partial charge in [0, 0.05) is 19.2 Å². The highest BCUT2D eigenvalue weighted by molar-refractivity contribution is 7.80. The van der Waals surface area contributed by atoms with Crippen LogP contribution in [0.15, 0.2) is 71.5 Å². The molecule has 30 heavy (non-hydrogen) atoms. The Labute approximate surface area is 180 Å². The number of thiocarbonyl (C=S) groups is 1. The number of carbonyl (C=O) groups is 1. The number of pyridine rings is 1. The smallest absolute Gasteiger partial charge is 0.226 e. The highest BCUT2D eigenvalue weighted by atomic mass is 32.1. The zero-order chi connectivity index (χ0) is 20.9. The predicted molar refractivity (Wildman–Crippen MR) is 117 cm³/mol. The second-order valence-corrected chi connectivity index (χ2v) is 7.22. The summed E-state index contributed by atoms with van der Waals surface area (Å²) in [5.41, 5.74) is 1.50. The quantitative estimate of drug-likeness (QED) is 0.562. The molecule has 154 valence electrons. The fourth-order valence-electron chi connectivity index (χ4n) is 3.60. The first kappa shape index (κ1) is 19.9. The number of hydrogen-bond acceptors (Lipinski definition) is 5. The van der Waals surface area contributed by atoms with Crippen LogP contribution in [0.3, 0.4) is 0 Å². The molecule has 0 spiro atoms. The van der Waals surface area contributed by atoms with Crippen LogP contribution < -0.4 is 15.4 Å².